The first-order valence-corrected chi connectivity index (χ1v) is 9.47. The molecule has 0 saturated heterocycles. The summed E-state index contributed by atoms with van der Waals surface area (Å²) in [6.07, 6.45) is 12.3. The van der Waals surface area contributed by atoms with Crippen LogP contribution in [0.25, 0.3) is 0 Å². The third kappa shape index (κ3) is 8.95. The summed E-state index contributed by atoms with van der Waals surface area (Å²) in [5.74, 6) is 0.968. The number of aromatic nitrogens is 1. The second kappa shape index (κ2) is 11.4. The first-order valence-electron chi connectivity index (χ1n) is 9.47. The van der Waals surface area contributed by atoms with E-state index in [4.69, 9.17) is 4.74 Å². The minimum absolute atomic E-state index is 0.792. The van der Waals surface area contributed by atoms with Crippen molar-refractivity contribution in [3.05, 3.63) is 24.0 Å². The average molecular weight is 322 g/mol. The minimum atomic E-state index is 0.792. The van der Waals surface area contributed by atoms with Crippen LogP contribution in [0.3, 0.4) is 0 Å². The Morgan fingerprint density at radius 2 is 1.65 bits per heavy atom. The first-order chi connectivity index (χ1) is 11.1. The van der Waals surface area contributed by atoms with E-state index in [-0.39, 0.29) is 0 Å². The highest BCUT2D eigenvalue weighted by Crippen LogP contribution is 2.20. The summed E-state index contributed by atoms with van der Waals surface area (Å²) < 4.78 is 6.90. The van der Waals surface area contributed by atoms with Crippen molar-refractivity contribution in [1.82, 2.24) is 4.98 Å². The summed E-state index contributed by atoms with van der Waals surface area (Å²) in [7, 11) is 4.60. The highest BCUT2D eigenvalue weighted by molar-refractivity contribution is 5.26. The van der Waals surface area contributed by atoms with E-state index in [0.717, 1.165) is 41.9 Å². The van der Waals surface area contributed by atoms with Gasteiger partial charge < -0.3 is 9.22 Å². The van der Waals surface area contributed by atoms with E-state index in [1.165, 1.54) is 45.1 Å². The molecule has 0 aromatic carbocycles. The van der Waals surface area contributed by atoms with Gasteiger partial charge in [0.2, 0.25) is 0 Å². The molecule has 3 heteroatoms. The van der Waals surface area contributed by atoms with Crippen LogP contribution in [0.5, 0.6) is 5.75 Å². The second-order valence-corrected chi connectivity index (χ2v) is 7.24. The number of ether oxygens (including phenoxy) is 1. The Kier molecular flexibility index (Phi) is 9.93. The third-order valence-electron chi connectivity index (χ3n) is 4.30. The fourth-order valence-electron chi connectivity index (χ4n) is 2.80. The lowest BCUT2D eigenvalue weighted by atomic mass is 10.1. The zero-order valence-electron chi connectivity index (χ0n) is 15.8. The lowest BCUT2D eigenvalue weighted by Crippen LogP contribution is -2.40. The van der Waals surface area contributed by atoms with E-state index in [2.05, 4.69) is 39.0 Å². The van der Waals surface area contributed by atoms with Crippen molar-refractivity contribution in [1.29, 1.82) is 0 Å². The lowest BCUT2D eigenvalue weighted by molar-refractivity contribution is -0.904. The summed E-state index contributed by atoms with van der Waals surface area (Å²) in [6, 6.07) is 4.03. The highest BCUT2D eigenvalue weighted by atomic mass is 16.5. The fourth-order valence-corrected chi connectivity index (χ4v) is 2.80. The molecule has 132 valence electrons. The Morgan fingerprint density at radius 3 is 2.39 bits per heavy atom. The van der Waals surface area contributed by atoms with Gasteiger partial charge in [0.25, 0.3) is 0 Å². The maximum atomic E-state index is 5.92. The molecule has 3 nitrogen and oxygen atoms in total. The predicted octanol–water partition coefficient (Wildman–Crippen LogP) is 5.20. The Morgan fingerprint density at radius 1 is 0.957 bits per heavy atom. The molecular formula is C20H37N2O+. The van der Waals surface area contributed by atoms with Crippen molar-refractivity contribution in [3.8, 4) is 5.75 Å². The SMILES string of the molecule is CCCCCCCC[N+](C)(C)Cc1ncccc1OCCCC. The Hall–Kier alpha value is -1.09. The normalized spacial score (nSPS) is 11.7. The van der Waals surface area contributed by atoms with Crippen molar-refractivity contribution in [2.45, 2.75) is 71.8 Å². The molecule has 0 amide bonds. The van der Waals surface area contributed by atoms with Crippen molar-refractivity contribution in [3.63, 3.8) is 0 Å². The van der Waals surface area contributed by atoms with E-state index in [1.807, 2.05) is 12.3 Å². The summed E-state index contributed by atoms with van der Waals surface area (Å²) in [4.78, 5) is 4.57. The number of pyridine rings is 1. The molecule has 1 aromatic heterocycles. The molecule has 0 spiro atoms. The van der Waals surface area contributed by atoms with E-state index in [9.17, 15) is 0 Å². The number of hydrogen-bond donors (Lipinski definition) is 0. The molecule has 1 heterocycles. The van der Waals surface area contributed by atoms with Crippen LogP contribution in [0.2, 0.25) is 0 Å². The standard InChI is InChI=1S/C20H37N2O/c1-5-7-9-10-11-12-16-22(3,4)18-19-20(14-13-15-21-19)23-17-8-6-2/h13-15H,5-12,16-18H2,1-4H3/q+1. The van der Waals surface area contributed by atoms with Crippen molar-refractivity contribution >= 4 is 0 Å². The number of quaternary nitrogens is 1. The third-order valence-corrected chi connectivity index (χ3v) is 4.30. The van der Waals surface area contributed by atoms with Crippen LogP contribution in [0.1, 0.15) is 70.9 Å². The van der Waals surface area contributed by atoms with E-state index in [0.29, 0.717) is 0 Å². The van der Waals surface area contributed by atoms with Crippen LogP contribution in [0.4, 0.5) is 0 Å². The monoisotopic (exact) mass is 321 g/mol. The van der Waals surface area contributed by atoms with Crippen molar-refractivity contribution in [2.24, 2.45) is 0 Å². The lowest BCUT2D eigenvalue weighted by Gasteiger charge is -2.30. The number of nitrogens with zero attached hydrogens (tertiary/aromatic N) is 2. The quantitative estimate of drug-likeness (QED) is 0.368. The largest absolute Gasteiger partial charge is 0.491 e. The molecule has 0 aliphatic rings. The minimum Gasteiger partial charge on any atom is -0.491 e. The van der Waals surface area contributed by atoms with E-state index < -0.39 is 0 Å². The maximum Gasteiger partial charge on any atom is 0.146 e. The molecule has 23 heavy (non-hydrogen) atoms. The predicted molar refractivity (Wildman–Crippen MR) is 98.7 cm³/mol. The molecule has 1 rings (SSSR count). The molecule has 0 unspecified atom stereocenters. The van der Waals surface area contributed by atoms with Crippen LogP contribution >= 0.6 is 0 Å². The summed E-state index contributed by atoms with van der Waals surface area (Å²) >= 11 is 0. The van der Waals surface area contributed by atoms with Crippen molar-refractivity contribution in [2.75, 3.05) is 27.2 Å². The molecule has 0 radical (unpaired) electrons. The van der Waals surface area contributed by atoms with Crippen LogP contribution in [-0.4, -0.2) is 36.7 Å². The molecular weight excluding hydrogens is 284 g/mol. The summed E-state index contributed by atoms with van der Waals surface area (Å²) in [6.45, 7) is 7.40. The Bertz CT molecular complexity index is 418. The molecule has 0 N–H and O–H groups in total. The van der Waals surface area contributed by atoms with Gasteiger partial charge in [0.1, 0.15) is 18.0 Å². The Labute approximate surface area is 143 Å². The summed E-state index contributed by atoms with van der Waals surface area (Å²) in [5, 5.41) is 0. The van der Waals surface area contributed by atoms with Gasteiger partial charge in [-0.15, -0.1) is 0 Å². The van der Waals surface area contributed by atoms with Gasteiger partial charge in [0, 0.05) is 6.20 Å². The Balaban J connectivity index is 2.43. The van der Waals surface area contributed by atoms with Gasteiger partial charge in [-0.05, 0) is 31.4 Å². The second-order valence-electron chi connectivity index (χ2n) is 7.24. The highest BCUT2D eigenvalue weighted by Gasteiger charge is 2.19. The van der Waals surface area contributed by atoms with Gasteiger partial charge in [0.15, 0.2) is 0 Å². The molecule has 0 fully saturated rings. The topological polar surface area (TPSA) is 22.1 Å². The average Bonchev–Trinajstić information content (AvgIpc) is 2.52. The maximum absolute atomic E-state index is 5.92. The van der Waals surface area contributed by atoms with E-state index in [1.54, 1.807) is 0 Å². The van der Waals surface area contributed by atoms with Crippen LogP contribution in [0, 0.1) is 0 Å². The summed E-state index contributed by atoms with van der Waals surface area (Å²) in [5.41, 5.74) is 1.10. The molecule has 1 aromatic rings. The van der Waals surface area contributed by atoms with Crippen LogP contribution < -0.4 is 4.74 Å². The van der Waals surface area contributed by atoms with Gasteiger partial charge in [-0.1, -0.05) is 46.0 Å². The fraction of sp³-hybridized carbons (Fsp3) is 0.750. The number of unbranched alkanes of at least 4 members (excludes halogenated alkanes) is 6. The van der Waals surface area contributed by atoms with Gasteiger partial charge in [-0.2, -0.15) is 0 Å². The number of hydrogen-bond acceptors (Lipinski definition) is 2. The zero-order valence-corrected chi connectivity index (χ0v) is 15.8. The smallest absolute Gasteiger partial charge is 0.146 e. The molecule has 0 aliphatic carbocycles. The first kappa shape index (κ1) is 20.0. The van der Waals surface area contributed by atoms with Crippen molar-refractivity contribution < 1.29 is 9.22 Å². The van der Waals surface area contributed by atoms with E-state index >= 15 is 0 Å². The van der Waals surface area contributed by atoms with Gasteiger partial charge >= 0.3 is 0 Å². The zero-order chi connectivity index (χ0) is 17.0. The molecule has 0 bridgehead atoms. The van der Waals surface area contributed by atoms with Gasteiger partial charge in [-0.3, -0.25) is 4.98 Å². The number of rotatable bonds is 13. The molecule has 0 saturated carbocycles. The van der Waals surface area contributed by atoms with Crippen LogP contribution in [-0.2, 0) is 6.54 Å². The molecule has 0 atom stereocenters. The van der Waals surface area contributed by atoms with Gasteiger partial charge in [-0.25, -0.2) is 0 Å². The molecule has 0 aliphatic heterocycles. The van der Waals surface area contributed by atoms with Crippen LogP contribution in [0.15, 0.2) is 18.3 Å². The van der Waals surface area contributed by atoms with Gasteiger partial charge in [0.05, 0.1) is 27.2 Å².